The summed E-state index contributed by atoms with van der Waals surface area (Å²) in [5.41, 5.74) is 4.41. The van der Waals surface area contributed by atoms with Crippen LogP contribution in [0.15, 0.2) is 66.9 Å². The van der Waals surface area contributed by atoms with E-state index in [9.17, 15) is 4.79 Å². The van der Waals surface area contributed by atoms with Crippen molar-refractivity contribution in [2.45, 2.75) is 19.3 Å². The normalized spacial score (nSPS) is 13.4. The Morgan fingerprint density at radius 2 is 1.70 bits per heavy atom. The van der Waals surface area contributed by atoms with Crippen molar-refractivity contribution in [1.82, 2.24) is 4.98 Å². The van der Waals surface area contributed by atoms with Crippen molar-refractivity contribution in [3.63, 3.8) is 0 Å². The van der Waals surface area contributed by atoms with Gasteiger partial charge in [0, 0.05) is 30.2 Å². The molecular formula is C24H23N5O. The van der Waals surface area contributed by atoms with Crippen LogP contribution in [0, 0.1) is 11.3 Å². The van der Waals surface area contributed by atoms with Gasteiger partial charge in [-0.15, -0.1) is 0 Å². The lowest BCUT2D eigenvalue weighted by molar-refractivity contribution is 0.102. The predicted octanol–water partition coefficient (Wildman–Crippen LogP) is 4.94. The van der Waals surface area contributed by atoms with Gasteiger partial charge in [-0.05, 0) is 73.9 Å². The first-order valence-corrected chi connectivity index (χ1v) is 10.1. The Morgan fingerprint density at radius 3 is 2.40 bits per heavy atom. The minimum absolute atomic E-state index is 0.309. The summed E-state index contributed by atoms with van der Waals surface area (Å²) in [7, 11) is 0. The summed E-state index contributed by atoms with van der Waals surface area (Å²) in [6.07, 6.45) is 5.48. The first kappa shape index (κ1) is 19.5. The standard InChI is InChI=1S/C24H23N5O/c25-16-18-5-4-6-20(15-18)28-24(30)23-12-9-21(17-26-23)27-19-7-10-22(11-8-19)29-13-2-1-3-14-29/h4-12,15,17,27H,1-3,13-14H2,(H,28,30). The third kappa shape index (κ3) is 4.76. The minimum Gasteiger partial charge on any atom is -0.372 e. The molecule has 1 aliphatic rings. The number of pyridine rings is 1. The number of amides is 1. The lowest BCUT2D eigenvalue weighted by Gasteiger charge is -2.28. The Labute approximate surface area is 176 Å². The van der Waals surface area contributed by atoms with Gasteiger partial charge in [-0.3, -0.25) is 4.79 Å². The van der Waals surface area contributed by atoms with E-state index in [0.29, 0.717) is 16.9 Å². The highest BCUT2D eigenvalue weighted by Gasteiger charge is 2.11. The molecule has 0 spiro atoms. The van der Waals surface area contributed by atoms with Gasteiger partial charge in [0.25, 0.3) is 5.91 Å². The number of carbonyl (C=O) groups excluding carboxylic acids is 1. The van der Waals surface area contributed by atoms with E-state index in [1.54, 1.807) is 36.5 Å². The molecule has 2 aromatic carbocycles. The van der Waals surface area contributed by atoms with Crippen molar-refractivity contribution in [1.29, 1.82) is 5.26 Å². The van der Waals surface area contributed by atoms with Gasteiger partial charge >= 0.3 is 0 Å². The summed E-state index contributed by atoms with van der Waals surface area (Å²) in [6.45, 7) is 2.25. The van der Waals surface area contributed by atoms with Gasteiger partial charge < -0.3 is 15.5 Å². The van der Waals surface area contributed by atoms with Gasteiger partial charge in [-0.1, -0.05) is 6.07 Å². The van der Waals surface area contributed by atoms with Crippen LogP contribution in [0.2, 0.25) is 0 Å². The first-order valence-electron chi connectivity index (χ1n) is 10.1. The van der Waals surface area contributed by atoms with Crippen LogP contribution in [0.5, 0.6) is 0 Å². The van der Waals surface area contributed by atoms with Crippen LogP contribution in [0.4, 0.5) is 22.7 Å². The number of nitrogens with zero attached hydrogens (tertiary/aromatic N) is 3. The molecule has 1 saturated heterocycles. The number of rotatable bonds is 5. The molecule has 0 radical (unpaired) electrons. The van der Waals surface area contributed by atoms with Crippen molar-refractivity contribution < 1.29 is 4.79 Å². The third-order valence-corrected chi connectivity index (χ3v) is 5.12. The second-order valence-electron chi connectivity index (χ2n) is 7.30. The van der Waals surface area contributed by atoms with Crippen LogP contribution < -0.4 is 15.5 Å². The molecule has 1 amide bonds. The van der Waals surface area contributed by atoms with Crippen molar-refractivity contribution in [2.24, 2.45) is 0 Å². The topological polar surface area (TPSA) is 81.0 Å². The number of aromatic nitrogens is 1. The Morgan fingerprint density at radius 1 is 0.933 bits per heavy atom. The van der Waals surface area contributed by atoms with Gasteiger partial charge in [0.15, 0.2) is 0 Å². The van der Waals surface area contributed by atoms with Crippen molar-refractivity contribution in [3.8, 4) is 6.07 Å². The molecule has 2 N–H and O–H groups in total. The lowest BCUT2D eigenvalue weighted by Crippen LogP contribution is -2.29. The lowest BCUT2D eigenvalue weighted by atomic mass is 10.1. The van der Waals surface area contributed by atoms with Gasteiger partial charge in [0.2, 0.25) is 0 Å². The maximum Gasteiger partial charge on any atom is 0.274 e. The third-order valence-electron chi connectivity index (χ3n) is 5.12. The maximum atomic E-state index is 12.4. The summed E-state index contributed by atoms with van der Waals surface area (Å²) in [5, 5.41) is 15.0. The van der Waals surface area contributed by atoms with Crippen LogP contribution in [0.3, 0.4) is 0 Å². The quantitative estimate of drug-likeness (QED) is 0.637. The van der Waals surface area contributed by atoms with Gasteiger partial charge in [-0.2, -0.15) is 5.26 Å². The van der Waals surface area contributed by atoms with E-state index in [1.165, 1.54) is 24.9 Å². The summed E-state index contributed by atoms with van der Waals surface area (Å²) in [5.74, 6) is -0.317. The number of nitriles is 1. The fourth-order valence-electron chi connectivity index (χ4n) is 3.54. The summed E-state index contributed by atoms with van der Waals surface area (Å²) < 4.78 is 0. The molecule has 3 aromatic rings. The smallest absolute Gasteiger partial charge is 0.274 e. The van der Waals surface area contributed by atoms with Crippen molar-refractivity contribution >= 4 is 28.7 Å². The number of piperidine rings is 1. The zero-order valence-electron chi connectivity index (χ0n) is 16.6. The average Bonchev–Trinajstić information content (AvgIpc) is 2.81. The van der Waals surface area contributed by atoms with Gasteiger partial charge in [0.05, 0.1) is 23.5 Å². The molecule has 0 bridgehead atoms. The molecule has 0 aliphatic carbocycles. The van der Waals surface area contributed by atoms with Crippen LogP contribution >= 0.6 is 0 Å². The Kier molecular flexibility index (Phi) is 5.90. The SMILES string of the molecule is N#Cc1cccc(NC(=O)c2ccc(Nc3ccc(N4CCCCC4)cc3)cn2)c1. The molecule has 6 heteroatoms. The highest BCUT2D eigenvalue weighted by Crippen LogP contribution is 2.23. The first-order chi connectivity index (χ1) is 14.7. The van der Waals surface area contributed by atoms with E-state index >= 15 is 0 Å². The van der Waals surface area contributed by atoms with E-state index in [4.69, 9.17) is 5.26 Å². The van der Waals surface area contributed by atoms with Crippen LogP contribution in [0.1, 0.15) is 35.3 Å². The Balaban J connectivity index is 1.37. The summed E-state index contributed by atoms with van der Waals surface area (Å²) in [4.78, 5) is 19.1. The molecule has 1 aromatic heterocycles. The molecule has 0 unspecified atom stereocenters. The van der Waals surface area contributed by atoms with E-state index < -0.39 is 0 Å². The second-order valence-corrected chi connectivity index (χ2v) is 7.30. The molecular weight excluding hydrogens is 374 g/mol. The number of anilines is 4. The van der Waals surface area contributed by atoms with E-state index in [0.717, 1.165) is 24.5 Å². The molecule has 1 fully saturated rings. The minimum atomic E-state index is -0.317. The fraction of sp³-hybridized carbons (Fsp3) is 0.208. The highest BCUT2D eigenvalue weighted by atomic mass is 16.1. The van der Waals surface area contributed by atoms with Crippen LogP contribution in [-0.2, 0) is 0 Å². The molecule has 150 valence electrons. The molecule has 2 heterocycles. The molecule has 6 nitrogen and oxygen atoms in total. The van der Waals surface area contributed by atoms with Crippen molar-refractivity contribution in [2.75, 3.05) is 28.6 Å². The number of hydrogen-bond donors (Lipinski definition) is 2. The molecule has 1 aliphatic heterocycles. The van der Waals surface area contributed by atoms with Gasteiger partial charge in [0.1, 0.15) is 5.69 Å². The molecule has 0 saturated carbocycles. The van der Waals surface area contributed by atoms with Crippen LogP contribution in [-0.4, -0.2) is 24.0 Å². The van der Waals surface area contributed by atoms with Gasteiger partial charge in [-0.25, -0.2) is 4.98 Å². The maximum absolute atomic E-state index is 12.4. The molecule has 0 atom stereocenters. The average molecular weight is 397 g/mol. The number of carbonyl (C=O) groups is 1. The summed E-state index contributed by atoms with van der Waals surface area (Å²) in [6, 6.07) is 20.7. The zero-order chi connectivity index (χ0) is 20.8. The molecule has 30 heavy (non-hydrogen) atoms. The highest BCUT2D eigenvalue weighted by molar-refractivity contribution is 6.03. The number of hydrogen-bond acceptors (Lipinski definition) is 5. The van der Waals surface area contributed by atoms with E-state index in [1.807, 2.05) is 6.07 Å². The Bertz CT molecular complexity index is 1050. The zero-order valence-corrected chi connectivity index (χ0v) is 16.6. The second kappa shape index (κ2) is 9.10. The van der Waals surface area contributed by atoms with Crippen molar-refractivity contribution in [3.05, 3.63) is 78.1 Å². The fourth-order valence-corrected chi connectivity index (χ4v) is 3.54. The van der Waals surface area contributed by atoms with Crippen LogP contribution in [0.25, 0.3) is 0 Å². The number of benzene rings is 2. The number of nitrogens with one attached hydrogen (secondary N) is 2. The monoisotopic (exact) mass is 397 g/mol. The Hall–Kier alpha value is -3.85. The predicted molar refractivity (Wildman–Crippen MR) is 119 cm³/mol. The molecule has 4 rings (SSSR count). The van der Waals surface area contributed by atoms with E-state index in [2.05, 4.69) is 50.9 Å². The summed E-state index contributed by atoms with van der Waals surface area (Å²) >= 11 is 0. The largest absolute Gasteiger partial charge is 0.372 e. The van der Waals surface area contributed by atoms with E-state index in [-0.39, 0.29) is 5.91 Å².